The Morgan fingerprint density at radius 3 is 2.52 bits per heavy atom. The van der Waals surface area contributed by atoms with Crippen LogP contribution >= 0.6 is 0 Å². The van der Waals surface area contributed by atoms with E-state index in [-0.39, 0.29) is 29.2 Å². The van der Waals surface area contributed by atoms with Crippen molar-refractivity contribution in [3.8, 4) is 11.3 Å². The van der Waals surface area contributed by atoms with Crippen LogP contribution in [0.15, 0.2) is 53.6 Å². The Kier molecular flexibility index (Phi) is 5.42. The lowest BCUT2D eigenvalue weighted by Gasteiger charge is -2.16. The molecule has 0 unspecified atom stereocenters. The van der Waals surface area contributed by atoms with E-state index in [1.807, 2.05) is 6.92 Å². The van der Waals surface area contributed by atoms with Gasteiger partial charge in [-0.15, -0.1) is 0 Å². The summed E-state index contributed by atoms with van der Waals surface area (Å²) in [5, 5.41) is 16.6. The number of aryl methyl sites for hydroxylation is 1. The molecule has 2 aromatic heterocycles. The minimum absolute atomic E-state index is 0.0674. The predicted molar refractivity (Wildman–Crippen MR) is 103 cm³/mol. The third-order valence-electron chi connectivity index (χ3n) is 4.15. The fourth-order valence-electron chi connectivity index (χ4n) is 2.79. The molecule has 0 aliphatic heterocycles. The summed E-state index contributed by atoms with van der Waals surface area (Å²) in [6, 6.07) is 10.5. The van der Waals surface area contributed by atoms with Crippen molar-refractivity contribution in [3.05, 3.63) is 70.3 Å². The molecule has 0 aliphatic carbocycles. The van der Waals surface area contributed by atoms with Gasteiger partial charge in [-0.25, -0.2) is 4.68 Å². The van der Waals surface area contributed by atoms with Crippen molar-refractivity contribution >= 4 is 17.2 Å². The molecule has 27 heavy (non-hydrogen) atoms. The van der Waals surface area contributed by atoms with E-state index < -0.39 is 0 Å². The lowest BCUT2D eigenvalue weighted by atomic mass is 10.0. The van der Waals surface area contributed by atoms with E-state index in [2.05, 4.69) is 15.4 Å². The Morgan fingerprint density at radius 2 is 1.96 bits per heavy atom. The van der Waals surface area contributed by atoms with Gasteiger partial charge in [0.1, 0.15) is 11.4 Å². The number of hydrogen-bond acceptors (Lipinski definition) is 6. The molecule has 0 amide bonds. The lowest BCUT2D eigenvalue weighted by molar-refractivity contribution is 0.101. The number of benzene rings is 1. The van der Waals surface area contributed by atoms with Crippen LogP contribution in [0.1, 0.15) is 29.8 Å². The third kappa shape index (κ3) is 3.78. The molecule has 3 rings (SSSR count). The highest BCUT2D eigenvalue weighted by molar-refractivity contribution is 6.05. The molecule has 7 heteroatoms. The highest BCUT2D eigenvalue weighted by Crippen LogP contribution is 2.27. The molecular weight excluding hydrogens is 344 g/mol. The van der Waals surface area contributed by atoms with E-state index in [0.29, 0.717) is 23.5 Å². The Labute approximate surface area is 156 Å². The second kappa shape index (κ2) is 7.92. The van der Waals surface area contributed by atoms with Gasteiger partial charge in [-0.2, -0.15) is 5.10 Å². The number of carbonyl (C=O) groups excluding carboxylic acids is 1. The standard InChI is InChI=1S/C20H20N4O3/c1-3-24-20(27)19(22-16-8-6-14(12-25)7-9-16)17(13(2)26)18(23-24)15-5-4-10-21-11-15/h4-11,22,25H,3,12H2,1-2H3. The van der Waals surface area contributed by atoms with Crippen LogP contribution in [0.4, 0.5) is 11.4 Å². The Hall–Kier alpha value is -3.32. The van der Waals surface area contributed by atoms with E-state index in [9.17, 15) is 14.7 Å². The first-order valence-electron chi connectivity index (χ1n) is 8.58. The molecule has 138 valence electrons. The highest BCUT2D eigenvalue weighted by atomic mass is 16.3. The van der Waals surface area contributed by atoms with Crippen LogP contribution in [0, 0.1) is 0 Å². The predicted octanol–water partition coefficient (Wildman–Crippen LogP) is 2.76. The van der Waals surface area contributed by atoms with Gasteiger partial charge in [0.25, 0.3) is 5.56 Å². The molecule has 0 bridgehead atoms. The van der Waals surface area contributed by atoms with Gasteiger partial charge in [-0.3, -0.25) is 14.6 Å². The molecule has 0 fully saturated rings. The molecule has 3 aromatic rings. The average Bonchev–Trinajstić information content (AvgIpc) is 2.70. The van der Waals surface area contributed by atoms with Gasteiger partial charge in [-0.05, 0) is 43.7 Å². The van der Waals surface area contributed by atoms with Gasteiger partial charge in [-0.1, -0.05) is 12.1 Å². The molecule has 1 aromatic carbocycles. The van der Waals surface area contributed by atoms with E-state index in [0.717, 1.165) is 5.56 Å². The first-order valence-corrected chi connectivity index (χ1v) is 8.58. The second-order valence-electron chi connectivity index (χ2n) is 6.00. The van der Waals surface area contributed by atoms with Gasteiger partial charge < -0.3 is 10.4 Å². The summed E-state index contributed by atoms with van der Waals surface area (Å²) in [6.45, 7) is 3.52. The maximum atomic E-state index is 12.9. The number of rotatable bonds is 6. The summed E-state index contributed by atoms with van der Waals surface area (Å²) < 4.78 is 1.32. The molecule has 7 nitrogen and oxygen atoms in total. The highest BCUT2D eigenvalue weighted by Gasteiger charge is 2.22. The maximum absolute atomic E-state index is 12.9. The number of nitrogens with one attached hydrogen (secondary N) is 1. The summed E-state index contributed by atoms with van der Waals surface area (Å²) in [4.78, 5) is 29.4. The van der Waals surface area contributed by atoms with Crippen molar-refractivity contribution in [2.75, 3.05) is 5.32 Å². The van der Waals surface area contributed by atoms with Gasteiger partial charge in [0.2, 0.25) is 0 Å². The first kappa shape index (κ1) is 18.5. The lowest BCUT2D eigenvalue weighted by Crippen LogP contribution is -2.28. The van der Waals surface area contributed by atoms with Crippen molar-refractivity contribution < 1.29 is 9.90 Å². The first-order chi connectivity index (χ1) is 13.0. The van der Waals surface area contributed by atoms with E-state index in [4.69, 9.17) is 0 Å². The largest absolute Gasteiger partial charge is 0.392 e. The number of pyridine rings is 1. The van der Waals surface area contributed by atoms with Crippen molar-refractivity contribution in [1.82, 2.24) is 14.8 Å². The quantitative estimate of drug-likeness (QED) is 0.653. The molecule has 0 radical (unpaired) electrons. The Morgan fingerprint density at radius 1 is 1.22 bits per heavy atom. The average molecular weight is 364 g/mol. The summed E-state index contributed by atoms with van der Waals surface area (Å²) in [6.07, 6.45) is 3.24. The fraction of sp³-hybridized carbons (Fsp3) is 0.200. The van der Waals surface area contributed by atoms with E-state index in [1.54, 1.807) is 48.8 Å². The van der Waals surface area contributed by atoms with Crippen LogP contribution in [-0.2, 0) is 13.2 Å². The molecule has 2 N–H and O–H groups in total. The number of aliphatic hydroxyl groups excluding tert-OH is 1. The minimum atomic E-state index is -0.374. The number of anilines is 2. The minimum Gasteiger partial charge on any atom is -0.392 e. The van der Waals surface area contributed by atoms with Crippen molar-refractivity contribution in [2.24, 2.45) is 0 Å². The Bertz CT molecular complexity index is 1010. The molecule has 0 spiro atoms. The van der Waals surface area contributed by atoms with Crippen LogP contribution in [0.2, 0.25) is 0 Å². The molecular formula is C20H20N4O3. The number of Topliss-reactive ketones (excluding diaryl/α,β-unsaturated/α-hetero) is 1. The van der Waals surface area contributed by atoms with Crippen molar-refractivity contribution in [3.63, 3.8) is 0 Å². The number of nitrogens with zero attached hydrogens (tertiary/aromatic N) is 3. The monoisotopic (exact) mass is 364 g/mol. The molecule has 0 aliphatic rings. The van der Waals surface area contributed by atoms with Crippen LogP contribution in [0.3, 0.4) is 0 Å². The van der Waals surface area contributed by atoms with Crippen LogP contribution in [0.25, 0.3) is 11.3 Å². The fourth-order valence-corrected chi connectivity index (χ4v) is 2.79. The van der Waals surface area contributed by atoms with Gasteiger partial charge >= 0.3 is 0 Å². The molecule has 0 saturated carbocycles. The normalized spacial score (nSPS) is 10.6. The van der Waals surface area contributed by atoms with Crippen molar-refractivity contribution in [1.29, 1.82) is 0 Å². The zero-order valence-corrected chi connectivity index (χ0v) is 15.1. The zero-order chi connectivity index (χ0) is 19.4. The van der Waals surface area contributed by atoms with E-state index >= 15 is 0 Å². The van der Waals surface area contributed by atoms with Crippen LogP contribution < -0.4 is 10.9 Å². The van der Waals surface area contributed by atoms with Gasteiger partial charge in [0.15, 0.2) is 5.78 Å². The summed E-state index contributed by atoms with van der Waals surface area (Å²) in [5.74, 6) is -0.267. The smallest absolute Gasteiger partial charge is 0.291 e. The van der Waals surface area contributed by atoms with Gasteiger partial charge in [0.05, 0.1) is 12.2 Å². The third-order valence-corrected chi connectivity index (χ3v) is 4.15. The molecule has 0 saturated heterocycles. The molecule has 0 atom stereocenters. The number of aliphatic hydroxyl groups is 1. The summed E-state index contributed by atoms with van der Waals surface area (Å²) in [5.41, 5.74) is 2.48. The zero-order valence-electron chi connectivity index (χ0n) is 15.1. The Balaban J connectivity index is 2.21. The SMILES string of the molecule is CCn1nc(-c2cccnc2)c(C(C)=O)c(Nc2ccc(CO)cc2)c1=O. The number of aromatic nitrogens is 3. The summed E-state index contributed by atoms with van der Waals surface area (Å²) in [7, 11) is 0. The van der Waals surface area contributed by atoms with E-state index in [1.165, 1.54) is 11.6 Å². The molecule has 2 heterocycles. The van der Waals surface area contributed by atoms with Crippen molar-refractivity contribution in [2.45, 2.75) is 27.0 Å². The number of carbonyl (C=O) groups is 1. The topological polar surface area (TPSA) is 97.1 Å². The van der Waals surface area contributed by atoms with Crippen LogP contribution in [0.5, 0.6) is 0 Å². The second-order valence-corrected chi connectivity index (χ2v) is 6.00. The summed E-state index contributed by atoms with van der Waals surface area (Å²) >= 11 is 0. The number of ketones is 1. The maximum Gasteiger partial charge on any atom is 0.291 e. The van der Waals surface area contributed by atoms with Crippen LogP contribution in [-0.4, -0.2) is 25.7 Å². The van der Waals surface area contributed by atoms with Gasteiger partial charge in [0, 0.05) is 30.2 Å². The number of hydrogen-bond donors (Lipinski definition) is 2.